The molecule has 4 N–H and O–H groups in total. The molecule has 0 heterocycles. The molecule has 6 heteroatoms. The molecule has 0 saturated heterocycles. The second-order valence-corrected chi connectivity index (χ2v) is 6.52. The molecule has 0 aromatic rings. The van der Waals surface area contributed by atoms with Crippen molar-refractivity contribution in [2.45, 2.75) is 63.8 Å². The van der Waals surface area contributed by atoms with Crippen LogP contribution in [-0.4, -0.2) is 39.7 Å². The van der Waals surface area contributed by atoms with Gasteiger partial charge in [-0.3, -0.25) is 9.59 Å². The number of carboxylic acid groups (broad SMARTS) is 2. The maximum Gasteiger partial charge on any atom is 0.324 e. The number of hydrogen-bond donors (Lipinski definition) is 3. The van der Waals surface area contributed by atoms with Crippen LogP contribution < -0.4 is 5.73 Å². The second kappa shape index (κ2) is 10.9. The first-order valence-electron chi connectivity index (χ1n) is 7.64. The van der Waals surface area contributed by atoms with E-state index in [0.29, 0.717) is 18.6 Å². The quantitative estimate of drug-likeness (QED) is 0.451. The van der Waals surface area contributed by atoms with Gasteiger partial charge in [-0.05, 0) is 24.9 Å². The van der Waals surface area contributed by atoms with Crippen LogP contribution in [0.15, 0.2) is 0 Å². The standard InChI is InChI=1S/C15H29NO4S/c1-3-4-5-6-7-8-9-12(13(17)18)15(16,14(19)20)10-11-21-2/h12H,3-11,16H2,1-2H3,(H,17,18)(H,19,20). The highest BCUT2D eigenvalue weighted by Gasteiger charge is 2.45. The number of thioether (sulfide) groups is 1. The fourth-order valence-corrected chi connectivity index (χ4v) is 2.97. The van der Waals surface area contributed by atoms with E-state index in [1.807, 2.05) is 6.26 Å². The SMILES string of the molecule is CCCCCCCCC(C(=O)O)C(N)(CCSC)C(=O)O. The van der Waals surface area contributed by atoms with Crippen molar-refractivity contribution in [1.82, 2.24) is 0 Å². The number of rotatable bonds is 13. The molecule has 0 aromatic carbocycles. The Morgan fingerprint density at radius 2 is 1.71 bits per heavy atom. The molecule has 0 saturated carbocycles. The van der Waals surface area contributed by atoms with Gasteiger partial charge >= 0.3 is 11.9 Å². The normalized spacial score (nSPS) is 15.4. The van der Waals surface area contributed by atoms with E-state index in [4.69, 9.17) is 5.73 Å². The van der Waals surface area contributed by atoms with Gasteiger partial charge in [-0.15, -0.1) is 0 Å². The summed E-state index contributed by atoms with van der Waals surface area (Å²) in [6.45, 7) is 2.14. The zero-order valence-electron chi connectivity index (χ0n) is 13.1. The molecule has 0 radical (unpaired) electrons. The van der Waals surface area contributed by atoms with Crippen LogP contribution in [0, 0.1) is 5.92 Å². The minimum absolute atomic E-state index is 0.177. The van der Waals surface area contributed by atoms with E-state index in [-0.39, 0.29) is 6.42 Å². The first-order chi connectivity index (χ1) is 9.90. The molecule has 124 valence electrons. The maximum absolute atomic E-state index is 11.4. The number of unbranched alkanes of at least 4 members (excludes halogenated alkanes) is 5. The van der Waals surface area contributed by atoms with Crippen LogP contribution >= 0.6 is 11.8 Å². The summed E-state index contributed by atoms with van der Waals surface area (Å²) in [7, 11) is 0. The van der Waals surface area contributed by atoms with Crippen LogP contribution in [0.2, 0.25) is 0 Å². The molecule has 0 amide bonds. The Balaban J connectivity index is 4.54. The van der Waals surface area contributed by atoms with Crippen molar-refractivity contribution in [3.05, 3.63) is 0 Å². The van der Waals surface area contributed by atoms with E-state index in [1.165, 1.54) is 18.2 Å². The predicted molar refractivity (Wildman–Crippen MR) is 86.7 cm³/mol. The highest BCUT2D eigenvalue weighted by atomic mass is 32.2. The highest BCUT2D eigenvalue weighted by molar-refractivity contribution is 7.98. The first kappa shape index (κ1) is 20.2. The molecule has 0 aliphatic rings. The topological polar surface area (TPSA) is 101 Å². The highest BCUT2D eigenvalue weighted by Crippen LogP contribution is 2.27. The molecule has 5 nitrogen and oxygen atoms in total. The summed E-state index contributed by atoms with van der Waals surface area (Å²) in [6, 6.07) is 0. The number of hydrogen-bond acceptors (Lipinski definition) is 4. The van der Waals surface area contributed by atoms with E-state index in [9.17, 15) is 19.8 Å². The molecule has 0 fully saturated rings. The minimum atomic E-state index is -1.67. The summed E-state index contributed by atoms with van der Waals surface area (Å²) < 4.78 is 0. The van der Waals surface area contributed by atoms with Gasteiger partial charge in [0, 0.05) is 0 Å². The van der Waals surface area contributed by atoms with Gasteiger partial charge in [-0.2, -0.15) is 11.8 Å². The molecule has 21 heavy (non-hydrogen) atoms. The third kappa shape index (κ3) is 7.18. The number of aliphatic carboxylic acids is 2. The number of carboxylic acids is 2. The maximum atomic E-state index is 11.4. The van der Waals surface area contributed by atoms with Crippen LogP contribution in [0.3, 0.4) is 0 Å². The van der Waals surface area contributed by atoms with Crippen molar-refractivity contribution in [3.8, 4) is 0 Å². The van der Waals surface area contributed by atoms with Crippen LogP contribution in [0.1, 0.15) is 58.3 Å². The Bertz CT molecular complexity index is 325. The van der Waals surface area contributed by atoms with Gasteiger partial charge in [-0.1, -0.05) is 45.4 Å². The molecule has 0 aliphatic carbocycles. The Hall–Kier alpha value is -0.750. The Morgan fingerprint density at radius 3 is 2.19 bits per heavy atom. The summed E-state index contributed by atoms with van der Waals surface area (Å²) in [5.41, 5.74) is 4.27. The number of nitrogens with two attached hydrogens (primary N) is 1. The van der Waals surface area contributed by atoms with Gasteiger partial charge in [0.25, 0.3) is 0 Å². The molecular weight excluding hydrogens is 290 g/mol. The largest absolute Gasteiger partial charge is 0.481 e. The van der Waals surface area contributed by atoms with Crippen molar-refractivity contribution < 1.29 is 19.8 Å². The van der Waals surface area contributed by atoms with Gasteiger partial charge in [0.2, 0.25) is 0 Å². The lowest BCUT2D eigenvalue weighted by Gasteiger charge is -2.31. The van der Waals surface area contributed by atoms with Crippen LogP contribution in [0.5, 0.6) is 0 Å². The molecule has 2 atom stereocenters. The summed E-state index contributed by atoms with van der Waals surface area (Å²) in [4.78, 5) is 22.9. The summed E-state index contributed by atoms with van der Waals surface area (Å²) in [5.74, 6) is -2.79. The summed E-state index contributed by atoms with van der Waals surface area (Å²) >= 11 is 1.48. The van der Waals surface area contributed by atoms with Gasteiger partial charge < -0.3 is 15.9 Å². The Kier molecular flexibility index (Phi) is 10.5. The average Bonchev–Trinajstić information content (AvgIpc) is 2.43. The van der Waals surface area contributed by atoms with E-state index in [2.05, 4.69) is 6.92 Å². The van der Waals surface area contributed by atoms with Crippen molar-refractivity contribution in [2.24, 2.45) is 11.7 Å². The zero-order valence-corrected chi connectivity index (χ0v) is 14.0. The van der Waals surface area contributed by atoms with Crippen LogP contribution in [0.25, 0.3) is 0 Å². The summed E-state index contributed by atoms with van der Waals surface area (Å²) in [5, 5.41) is 18.7. The second-order valence-electron chi connectivity index (χ2n) is 5.54. The van der Waals surface area contributed by atoms with Gasteiger partial charge in [0.1, 0.15) is 5.54 Å². The average molecular weight is 319 g/mol. The lowest BCUT2D eigenvalue weighted by atomic mass is 9.79. The van der Waals surface area contributed by atoms with E-state index >= 15 is 0 Å². The van der Waals surface area contributed by atoms with Crippen molar-refractivity contribution in [3.63, 3.8) is 0 Å². The van der Waals surface area contributed by atoms with Gasteiger partial charge in [-0.25, -0.2) is 0 Å². The molecule has 2 unspecified atom stereocenters. The lowest BCUT2D eigenvalue weighted by Crippen LogP contribution is -2.57. The molecular formula is C15H29NO4S. The third-order valence-electron chi connectivity index (χ3n) is 3.88. The van der Waals surface area contributed by atoms with Crippen LogP contribution in [-0.2, 0) is 9.59 Å². The Morgan fingerprint density at radius 1 is 1.14 bits per heavy atom. The molecule has 0 rings (SSSR count). The number of carbonyl (C=O) groups is 2. The molecule has 0 aromatic heterocycles. The molecule has 0 aliphatic heterocycles. The Labute approximate surface area is 131 Å². The molecule has 0 spiro atoms. The van der Waals surface area contributed by atoms with Crippen molar-refractivity contribution >= 4 is 23.7 Å². The lowest BCUT2D eigenvalue weighted by molar-refractivity contribution is -0.156. The third-order valence-corrected chi connectivity index (χ3v) is 4.50. The monoisotopic (exact) mass is 319 g/mol. The van der Waals surface area contributed by atoms with E-state index in [1.54, 1.807) is 0 Å². The fraction of sp³-hybridized carbons (Fsp3) is 0.867. The minimum Gasteiger partial charge on any atom is -0.481 e. The van der Waals surface area contributed by atoms with Crippen LogP contribution in [0.4, 0.5) is 0 Å². The summed E-state index contributed by atoms with van der Waals surface area (Å²) in [6.07, 6.45) is 8.57. The zero-order chi connectivity index (χ0) is 16.3. The van der Waals surface area contributed by atoms with Crippen molar-refractivity contribution in [1.29, 1.82) is 0 Å². The molecule has 0 bridgehead atoms. The first-order valence-corrected chi connectivity index (χ1v) is 9.03. The predicted octanol–water partition coefficient (Wildman–Crippen LogP) is 2.97. The van der Waals surface area contributed by atoms with E-state index < -0.39 is 23.4 Å². The fourth-order valence-electron chi connectivity index (χ4n) is 2.43. The van der Waals surface area contributed by atoms with Crippen molar-refractivity contribution in [2.75, 3.05) is 12.0 Å². The smallest absolute Gasteiger partial charge is 0.324 e. The van der Waals surface area contributed by atoms with Gasteiger partial charge in [0.15, 0.2) is 0 Å². The van der Waals surface area contributed by atoms with E-state index in [0.717, 1.165) is 25.7 Å². The van der Waals surface area contributed by atoms with Gasteiger partial charge in [0.05, 0.1) is 5.92 Å².